The van der Waals surface area contributed by atoms with E-state index in [-0.39, 0.29) is 17.7 Å². The first kappa shape index (κ1) is 21.8. The van der Waals surface area contributed by atoms with E-state index >= 15 is 0 Å². The number of fused-ring (bicyclic) bond motifs is 5. The fourth-order valence-electron chi connectivity index (χ4n) is 6.72. The summed E-state index contributed by atoms with van der Waals surface area (Å²) in [6.07, 6.45) is 14.0. The number of amides is 1. The van der Waals surface area contributed by atoms with Crippen molar-refractivity contribution in [3.05, 3.63) is 65.2 Å². The van der Waals surface area contributed by atoms with Crippen molar-refractivity contribution in [2.75, 3.05) is 6.54 Å². The van der Waals surface area contributed by atoms with Gasteiger partial charge in [0.2, 0.25) is 0 Å². The molecule has 1 saturated carbocycles. The van der Waals surface area contributed by atoms with Gasteiger partial charge < -0.3 is 10.4 Å². The zero-order chi connectivity index (χ0) is 23.0. The largest absolute Gasteiger partial charge is 0.481 e. The number of benzene rings is 1. The van der Waals surface area contributed by atoms with Gasteiger partial charge in [-0.3, -0.25) is 9.59 Å². The van der Waals surface area contributed by atoms with Gasteiger partial charge in [-0.25, -0.2) is 9.97 Å². The van der Waals surface area contributed by atoms with Crippen LogP contribution >= 0.6 is 0 Å². The maximum atomic E-state index is 12.5. The standard InChI is InChI=1S/C27H31N3O3/c1-27-11-10-21-20-6-5-18(26(33)30-12-2-3-25(31)32)13-17(20)4-7-22(21)24(27)9-8-23(27)19-14-28-16-29-15-19/h5-6,8,13-16,21-22,24H,2-4,7,9-12H2,1H3,(H,30,33)(H,31,32)/t21-,22-,24+,27-/m1/s1. The van der Waals surface area contributed by atoms with Gasteiger partial charge >= 0.3 is 5.97 Å². The lowest BCUT2D eigenvalue weighted by molar-refractivity contribution is -0.137. The lowest BCUT2D eigenvalue weighted by Gasteiger charge is -2.50. The van der Waals surface area contributed by atoms with E-state index < -0.39 is 5.97 Å². The summed E-state index contributed by atoms with van der Waals surface area (Å²) in [5.41, 5.74) is 6.17. The van der Waals surface area contributed by atoms with Crippen molar-refractivity contribution in [1.82, 2.24) is 15.3 Å². The number of nitrogens with zero attached hydrogens (tertiary/aromatic N) is 2. The number of rotatable bonds is 6. The summed E-state index contributed by atoms with van der Waals surface area (Å²) >= 11 is 0. The van der Waals surface area contributed by atoms with Gasteiger partial charge in [-0.2, -0.15) is 0 Å². The van der Waals surface area contributed by atoms with Crippen LogP contribution in [0.4, 0.5) is 0 Å². The molecule has 5 rings (SSSR count). The first-order chi connectivity index (χ1) is 16.0. The molecule has 0 spiro atoms. The predicted octanol–water partition coefficient (Wildman–Crippen LogP) is 4.62. The highest BCUT2D eigenvalue weighted by molar-refractivity contribution is 5.94. The molecule has 1 heterocycles. The van der Waals surface area contributed by atoms with Gasteiger partial charge in [-0.05, 0) is 90.5 Å². The SMILES string of the molecule is C[C@]12CC[C@@H]3c4ccc(C(=O)NCCCC(=O)O)cc4CC[C@H]3[C@@H]1CC=C2c1cncnc1. The van der Waals surface area contributed by atoms with E-state index in [9.17, 15) is 9.59 Å². The molecule has 2 aromatic rings. The monoisotopic (exact) mass is 445 g/mol. The molecule has 3 aliphatic rings. The molecule has 1 aromatic heterocycles. The molecular formula is C27H31N3O3. The van der Waals surface area contributed by atoms with E-state index in [0.717, 1.165) is 37.7 Å². The van der Waals surface area contributed by atoms with Crippen LogP contribution in [0.5, 0.6) is 0 Å². The number of nitrogens with one attached hydrogen (secondary N) is 1. The van der Waals surface area contributed by atoms with Crippen LogP contribution in [0.1, 0.15) is 78.4 Å². The average Bonchev–Trinajstić information content (AvgIpc) is 3.18. The Kier molecular flexibility index (Phi) is 5.77. The van der Waals surface area contributed by atoms with Gasteiger partial charge in [0.15, 0.2) is 0 Å². The van der Waals surface area contributed by atoms with E-state index in [0.29, 0.717) is 36.3 Å². The van der Waals surface area contributed by atoms with Gasteiger partial charge in [0.05, 0.1) is 0 Å². The highest BCUT2D eigenvalue weighted by Crippen LogP contribution is 2.62. The Morgan fingerprint density at radius 1 is 1.21 bits per heavy atom. The highest BCUT2D eigenvalue weighted by atomic mass is 16.4. The third-order valence-electron chi connectivity index (χ3n) is 8.29. The van der Waals surface area contributed by atoms with E-state index in [1.54, 1.807) is 6.33 Å². The van der Waals surface area contributed by atoms with Crippen molar-refractivity contribution in [3.8, 4) is 0 Å². The molecule has 3 aliphatic carbocycles. The number of carbonyl (C=O) groups excluding carboxylic acids is 1. The summed E-state index contributed by atoms with van der Waals surface area (Å²) in [5, 5.41) is 11.6. The van der Waals surface area contributed by atoms with E-state index in [1.165, 1.54) is 16.7 Å². The lowest BCUT2D eigenvalue weighted by atomic mass is 9.54. The van der Waals surface area contributed by atoms with Crippen molar-refractivity contribution in [1.29, 1.82) is 0 Å². The molecule has 0 aliphatic heterocycles. The molecule has 1 fully saturated rings. The summed E-state index contributed by atoms with van der Waals surface area (Å²) in [7, 11) is 0. The average molecular weight is 446 g/mol. The Bertz CT molecular complexity index is 1100. The van der Waals surface area contributed by atoms with Crippen LogP contribution in [0.15, 0.2) is 43.0 Å². The Hall–Kier alpha value is -3.02. The Balaban J connectivity index is 1.30. The number of carbonyl (C=O) groups is 2. The summed E-state index contributed by atoms with van der Waals surface area (Å²) in [5.74, 6) is 0.899. The van der Waals surface area contributed by atoms with Crippen LogP contribution in [0.3, 0.4) is 0 Å². The molecule has 2 N–H and O–H groups in total. The molecule has 0 radical (unpaired) electrons. The third kappa shape index (κ3) is 3.96. The zero-order valence-corrected chi connectivity index (χ0v) is 19.1. The van der Waals surface area contributed by atoms with Crippen molar-refractivity contribution < 1.29 is 14.7 Å². The minimum atomic E-state index is -0.835. The molecule has 1 aromatic carbocycles. The van der Waals surface area contributed by atoms with Crippen LogP contribution in [0.2, 0.25) is 0 Å². The molecule has 4 atom stereocenters. The van der Waals surface area contributed by atoms with Crippen molar-refractivity contribution in [2.45, 2.75) is 57.8 Å². The fraction of sp³-hybridized carbons (Fsp3) is 0.481. The Morgan fingerprint density at radius 3 is 2.82 bits per heavy atom. The number of aryl methyl sites for hydroxylation is 1. The van der Waals surface area contributed by atoms with Gasteiger partial charge in [0.25, 0.3) is 5.91 Å². The smallest absolute Gasteiger partial charge is 0.303 e. The van der Waals surface area contributed by atoms with Crippen LogP contribution in [0.25, 0.3) is 5.57 Å². The summed E-state index contributed by atoms with van der Waals surface area (Å²) in [6, 6.07) is 6.18. The predicted molar refractivity (Wildman–Crippen MR) is 126 cm³/mol. The van der Waals surface area contributed by atoms with Crippen molar-refractivity contribution >= 4 is 17.4 Å². The van der Waals surface area contributed by atoms with E-state index in [4.69, 9.17) is 5.11 Å². The number of carboxylic acids is 1. The van der Waals surface area contributed by atoms with Gasteiger partial charge in [0.1, 0.15) is 6.33 Å². The zero-order valence-electron chi connectivity index (χ0n) is 19.1. The quantitative estimate of drug-likeness (QED) is 0.633. The van der Waals surface area contributed by atoms with E-state index in [1.807, 2.05) is 18.5 Å². The molecular weight excluding hydrogens is 414 g/mol. The summed E-state index contributed by atoms with van der Waals surface area (Å²) in [4.78, 5) is 31.7. The number of aromatic nitrogens is 2. The molecule has 6 heteroatoms. The van der Waals surface area contributed by atoms with Gasteiger partial charge in [-0.1, -0.05) is 19.1 Å². The molecule has 0 unspecified atom stereocenters. The first-order valence-electron chi connectivity index (χ1n) is 12.1. The second-order valence-electron chi connectivity index (χ2n) is 10.0. The normalized spacial score (nSPS) is 27.7. The topological polar surface area (TPSA) is 92.2 Å². The second-order valence-corrected chi connectivity index (χ2v) is 10.0. The lowest BCUT2D eigenvalue weighted by Crippen LogP contribution is -2.41. The Labute approximate surface area is 194 Å². The minimum Gasteiger partial charge on any atom is -0.481 e. The summed E-state index contributed by atoms with van der Waals surface area (Å²) < 4.78 is 0. The van der Waals surface area contributed by atoms with Crippen molar-refractivity contribution in [3.63, 3.8) is 0 Å². The number of aliphatic carboxylic acids is 1. The molecule has 0 saturated heterocycles. The number of carboxylic acid groups (broad SMARTS) is 1. The maximum absolute atomic E-state index is 12.5. The number of hydrogen-bond donors (Lipinski definition) is 2. The molecule has 6 nitrogen and oxygen atoms in total. The first-order valence-corrected chi connectivity index (χ1v) is 12.1. The van der Waals surface area contributed by atoms with Gasteiger partial charge in [-0.15, -0.1) is 0 Å². The maximum Gasteiger partial charge on any atom is 0.303 e. The number of allylic oxidation sites excluding steroid dienone is 2. The molecule has 33 heavy (non-hydrogen) atoms. The highest BCUT2D eigenvalue weighted by Gasteiger charge is 2.51. The van der Waals surface area contributed by atoms with Crippen LogP contribution < -0.4 is 5.32 Å². The molecule has 172 valence electrons. The number of hydrogen-bond acceptors (Lipinski definition) is 4. The fourth-order valence-corrected chi connectivity index (χ4v) is 6.72. The van der Waals surface area contributed by atoms with E-state index in [2.05, 4.69) is 40.4 Å². The summed E-state index contributed by atoms with van der Waals surface area (Å²) in [6.45, 7) is 2.82. The van der Waals surface area contributed by atoms with Crippen LogP contribution in [-0.4, -0.2) is 33.5 Å². The molecule has 0 bridgehead atoms. The third-order valence-corrected chi connectivity index (χ3v) is 8.29. The second kappa shape index (κ2) is 8.73. The minimum absolute atomic E-state index is 0.0709. The van der Waals surface area contributed by atoms with Gasteiger partial charge in [0, 0.05) is 36.5 Å². The van der Waals surface area contributed by atoms with Crippen LogP contribution in [0, 0.1) is 17.3 Å². The molecule has 1 amide bonds. The van der Waals surface area contributed by atoms with Crippen molar-refractivity contribution in [2.24, 2.45) is 17.3 Å². The Morgan fingerprint density at radius 2 is 2.03 bits per heavy atom. The van der Waals surface area contributed by atoms with Crippen LogP contribution in [-0.2, 0) is 11.2 Å².